The normalized spacial score (nSPS) is 21.6. The van der Waals surface area contributed by atoms with E-state index in [2.05, 4.69) is 20.7 Å². The van der Waals surface area contributed by atoms with Gasteiger partial charge in [-0.2, -0.15) is 5.10 Å². The molecule has 0 saturated carbocycles. The maximum atomic E-state index is 13.2. The summed E-state index contributed by atoms with van der Waals surface area (Å²) in [5, 5.41) is 10.4. The molecule has 1 saturated heterocycles. The molecule has 8 heteroatoms. The Morgan fingerprint density at radius 2 is 1.82 bits per heavy atom. The van der Waals surface area contributed by atoms with Crippen LogP contribution in [0, 0.1) is 12.3 Å². The van der Waals surface area contributed by atoms with Crippen LogP contribution in [0.1, 0.15) is 35.8 Å². The van der Waals surface area contributed by atoms with Crippen LogP contribution in [-0.2, 0) is 17.8 Å². The van der Waals surface area contributed by atoms with Crippen molar-refractivity contribution in [3.63, 3.8) is 0 Å². The summed E-state index contributed by atoms with van der Waals surface area (Å²) < 4.78 is 1.86. The van der Waals surface area contributed by atoms with Gasteiger partial charge < -0.3 is 15.5 Å². The van der Waals surface area contributed by atoms with Crippen molar-refractivity contribution in [2.75, 3.05) is 18.4 Å². The minimum Gasteiger partial charge on any atom is -0.342 e. The van der Waals surface area contributed by atoms with E-state index < -0.39 is 0 Å². The predicted octanol–water partition coefficient (Wildman–Crippen LogP) is 3.31. The molecular formula is C25H28N6O2. The van der Waals surface area contributed by atoms with E-state index in [4.69, 9.17) is 0 Å². The lowest BCUT2D eigenvalue weighted by Gasteiger charge is -2.40. The molecule has 0 radical (unpaired) electrons. The van der Waals surface area contributed by atoms with Gasteiger partial charge in [0, 0.05) is 30.7 Å². The van der Waals surface area contributed by atoms with Crippen LogP contribution in [0.25, 0.3) is 0 Å². The molecule has 8 nitrogen and oxygen atoms in total. The lowest BCUT2D eigenvalue weighted by Crippen LogP contribution is -2.49. The Morgan fingerprint density at radius 1 is 1.06 bits per heavy atom. The van der Waals surface area contributed by atoms with Crippen molar-refractivity contribution in [2.45, 2.75) is 38.8 Å². The van der Waals surface area contributed by atoms with Crippen molar-refractivity contribution in [1.29, 1.82) is 0 Å². The molecule has 3 amide bonds. The maximum absolute atomic E-state index is 13.2. The molecule has 5 rings (SSSR count). The molecule has 1 aromatic heterocycles. The number of amides is 3. The molecule has 2 atom stereocenters. The number of nitrogens with zero attached hydrogens (tertiary/aromatic N) is 4. The van der Waals surface area contributed by atoms with E-state index in [9.17, 15) is 9.59 Å². The minimum absolute atomic E-state index is 0.126. The molecule has 170 valence electrons. The molecule has 1 spiro atoms. The third-order valence-corrected chi connectivity index (χ3v) is 6.99. The molecular weight excluding hydrogens is 416 g/mol. The third-order valence-electron chi connectivity index (χ3n) is 6.99. The van der Waals surface area contributed by atoms with E-state index in [-0.39, 0.29) is 23.4 Å². The first-order valence-electron chi connectivity index (χ1n) is 11.4. The molecule has 0 aliphatic carbocycles. The highest BCUT2D eigenvalue weighted by molar-refractivity contribution is 5.89. The number of urea groups is 1. The van der Waals surface area contributed by atoms with Gasteiger partial charge in [0.25, 0.3) is 0 Å². The van der Waals surface area contributed by atoms with Crippen LogP contribution in [0.4, 0.5) is 10.5 Å². The maximum Gasteiger partial charge on any atom is 0.319 e. The first kappa shape index (κ1) is 21.2. The largest absolute Gasteiger partial charge is 0.342 e. The average Bonchev–Trinajstić information content (AvgIpc) is 3.46. The Labute approximate surface area is 193 Å². The molecule has 0 bridgehead atoms. The van der Waals surface area contributed by atoms with Crippen molar-refractivity contribution in [3.05, 3.63) is 77.9 Å². The minimum atomic E-state index is -0.325. The zero-order chi connectivity index (χ0) is 22.8. The van der Waals surface area contributed by atoms with E-state index >= 15 is 0 Å². The summed E-state index contributed by atoms with van der Waals surface area (Å²) >= 11 is 0. The van der Waals surface area contributed by atoms with Gasteiger partial charge in [-0.15, -0.1) is 0 Å². The van der Waals surface area contributed by atoms with Gasteiger partial charge in [-0.25, -0.2) is 14.5 Å². The highest BCUT2D eigenvalue weighted by Gasteiger charge is 2.50. The predicted molar refractivity (Wildman–Crippen MR) is 124 cm³/mol. The highest BCUT2D eigenvalue weighted by atomic mass is 16.2. The van der Waals surface area contributed by atoms with Gasteiger partial charge in [0.2, 0.25) is 5.91 Å². The van der Waals surface area contributed by atoms with Crippen molar-refractivity contribution >= 4 is 17.6 Å². The van der Waals surface area contributed by atoms with E-state index in [1.54, 1.807) is 0 Å². The Hall–Kier alpha value is -3.68. The number of para-hydroxylation sites is 1. The summed E-state index contributed by atoms with van der Waals surface area (Å²) in [5.41, 5.74) is 2.65. The molecule has 2 aliphatic rings. The topological polar surface area (TPSA) is 92.2 Å². The number of aromatic nitrogens is 3. The molecule has 33 heavy (non-hydrogen) atoms. The van der Waals surface area contributed by atoms with Gasteiger partial charge in [-0.1, -0.05) is 42.5 Å². The van der Waals surface area contributed by atoms with Crippen molar-refractivity contribution in [1.82, 2.24) is 25.0 Å². The quantitative estimate of drug-likeness (QED) is 0.646. The van der Waals surface area contributed by atoms with Gasteiger partial charge in [-0.05, 0) is 43.0 Å². The van der Waals surface area contributed by atoms with Crippen LogP contribution in [0.3, 0.4) is 0 Å². The molecule has 3 aromatic rings. The van der Waals surface area contributed by atoms with Crippen molar-refractivity contribution in [2.24, 2.45) is 5.41 Å². The van der Waals surface area contributed by atoms with E-state index in [1.807, 2.05) is 71.1 Å². The van der Waals surface area contributed by atoms with Crippen molar-refractivity contribution in [3.8, 4) is 0 Å². The summed E-state index contributed by atoms with van der Waals surface area (Å²) in [6.45, 7) is 4.04. The van der Waals surface area contributed by atoms with E-state index in [1.165, 1.54) is 6.33 Å². The second kappa shape index (κ2) is 8.69. The number of anilines is 1. The molecule has 3 heterocycles. The molecule has 2 aromatic carbocycles. The van der Waals surface area contributed by atoms with E-state index in [0.717, 1.165) is 42.0 Å². The first-order valence-corrected chi connectivity index (χ1v) is 11.4. The Morgan fingerprint density at radius 3 is 2.64 bits per heavy atom. The zero-order valence-corrected chi connectivity index (χ0v) is 18.7. The van der Waals surface area contributed by atoms with Crippen LogP contribution < -0.4 is 10.6 Å². The number of likely N-dealkylation sites (tertiary alicyclic amines) is 1. The number of nitrogens with one attached hydrogen (secondary N) is 2. The Balaban J connectivity index is 1.34. The summed E-state index contributed by atoms with van der Waals surface area (Å²) in [6.07, 6.45) is 3.57. The highest BCUT2D eigenvalue weighted by Crippen LogP contribution is 2.47. The zero-order valence-electron chi connectivity index (χ0n) is 18.7. The SMILES string of the molecule is Cc1ccccc1CC(=O)N1CC[C@@]2(CCn3ncnc3[C@@H]2NC(=O)Nc2ccccc2)C1. The second-order valence-electron chi connectivity index (χ2n) is 9.02. The fourth-order valence-electron chi connectivity index (χ4n) is 5.08. The van der Waals surface area contributed by atoms with Gasteiger partial charge in [0.1, 0.15) is 12.2 Å². The molecule has 2 aliphatic heterocycles. The number of hydrogen-bond donors (Lipinski definition) is 2. The molecule has 2 N–H and O–H groups in total. The van der Waals surface area contributed by atoms with Crippen LogP contribution in [-0.4, -0.2) is 44.7 Å². The summed E-state index contributed by atoms with van der Waals surface area (Å²) in [6, 6.07) is 16.8. The Bertz CT molecular complexity index is 1160. The Kier molecular flexibility index (Phi) is 5.58. The van der Waals surface area contributed by atoms with Crippen LogP contribution >= 0.6 is 0 Å². The third kappa shape index (κ3) is 4.20. The lowest BCUT2D eigenvalue weighted by molar-refractivity contribution is -0.130. The second-order valence-corrected chi connectivity index (χ2v) is 9.02. The standard InChI is InChI=1S/C25H28N6O2/c1-18-7-5-6-8-19(18)15-21(32)30-13-11-25(16-30)12-14-31-23(26-17-27-31)22(25)29-24(33)28-20-9-3-2-4-10-20/h2-10,17,22H,11-16H2,1H3,(H2,28,29,33)/t22-,25+/m0/s1. The van der Waals surface area contributed by atoms with E-state index in [0.29, 0.717) is 19.5 Å². The number of carbonyl (C=O) groups is 2. The first-order chi connectivity index (χ1) is 16.0. The summed E-state index contributed by atoms with van der Waals surface area (Å²) in [7, 11) is 0. The number of carbonyl (C=O) groups excluding carboxylic acids is 2. The summed E-state index contributed by atoms with van der Waals surface area (Å²) in [4.78, 5) is 32.5. The number of fused-ring (bicyclic) bond motifs is 1. The van der Waals surface area contributed by atoms with Crippen LogP contribution in [0.15, 0.2) is 60.9 Å². The molecule has 1 fully saturated rings. The van der Waals surface area contributed by atoms with Gasteiger partial charge in [0.15, 0.2) is 0 Å². The smallest absolute Gasteiger partial charge is 0.319 e. The van der Waals surface area contributed by atoms with Crippen LogP contribution in [0.2, 0.25) is 0 Å². The number of rotatable bonds is 4. The summed E-state index contributed by atoms with van der Waals surface area (Å²) in [5.74, 6) is 0.873. The monoisotopic (exact) mass is 444 g/mol. The van der Waals surface area contributed by atoms with Crippen molar-refractivity contribution < 1.29 is 9.59 Å². The van der Waals surface area contributed by atoms with Crippen LogP contribution in [0.5, 0.6) is 0 Å². The molecule has 0 unspecified atom stereocenters. The fraction of sp³-hybridized carbons (Fsp3) is 0.360. The fourth-order valence-corrected chi connectivity index (χ4v) is 5.08. The van der Waals surface area contributed by atoms with Gasteiger partial charge in [-0.3, -0.25) is 4.79 Å². The number of benzene rings is 2. The van der Waals surface area contributed by atoms with Gasteiger partial charge >= 0.3 is 6.03 Å². The lowest BCUT2D eigenvalue weighted by atomic mass is 9.74. The number of aryl methyl sites for hydroxylation is 2. The number of hydrogen-bond acceptors (Lipinski definition) is 4. The average molecular weight is 445 g/mol. The van der Waals surface area contributed by atoms with Gasteiger partial charge in [0.05, 0.1) is 12.5 Å².